The van der Waals surface area contributed by atoms with E-state index in [4.69, 9.17) is 0 Å². The average Bonchev–Trinajstić information content (AvgIpc) is 3.51. The number of benzene rings is 1. The highest BCUT2D eigenvalue weighted by molar-refractivity contribution is 5.97. The van der Waals surface area contributed by atoms with Gasteiger partial charge in [-0.05, 0) is 68.8 Å². The Kier molecular flexibility index (Phi) is 5.40. The summed E-state index contributed by atoms with van der Waals surface area (Å²) in [5.41, 5.74) is 2.80. The van der Waals surface area contributed by atoms with Crippen molar-refractivity contribution in [3.8, 4) is 0 Å². The van der Waals surface area contributed by atoms with Gasteiger partial charge < -0.3 is 14.9 Å². The maximum atomic E-state index is 12.8. The van der Waals surface area contributed by atoms with Crippen LogP contribution < -0.4 is 4.90 Å². The smallest absolute Gasteiger partial charge is 0.387 e. The van der Waals surface area contributed by atoms with Gasteiger partial charge in [-0.2, -0.15) is 13.2 Å². The lowest BCUT2D eigenvalue weighted by atomic mass is 9.94. The first-order valence-electron chi connectivity index (χ1n) is 10.2. The standard InChI is InChI=1S/C21H27F3N2O2/c22-21(23,24)17-7-10-25(11-8-17)13-19(27)16-5-6-18-15(12-16)2-1-9-26(18)20(28)14-3-4-14/h5-6,12,14,17,19,27H,1-4,7-11,13H2. The molecule has 0 radical (unpaired) electrons. The number of hydrogen-bond donors (Lipinski definition) is 1. The van der Waals surface area contributed by atoms with Crippen LogP contribution in [0.4, 0.5) is 18.9 Å². The fraction of sp³-hybridized carbons (Fsp3) is 0.667. The lowest BCUT2D eigenvalue weighted by Crippen LogP contribution is -2.40. The fourth-order valence-corrected chi connectivity index (χ4v) is 4.40. The van der Waals surface area contributed by atoms with Crippen molar-refractivity contribution >= 4 is 11.6 Å². The number of piperidine rings is 1. The van der Waals surface area contributed by atoms with Gasteiger partial charge in [-0.1, -0.05) is 12.1 Å². The molecule has 28 heavy (non-hydrogen) atoms. The van der Waals surface area contributed by atoms with E-state index in [0.29, 0.717) is 19.6 Å². The third-order valence-corrected chi connectivity index (χ3v) is 6.28. The van der Waals surface area contributed by atoms with Gasteiger partial charge in [-0.15, -0.1) is 0 Å². The van der Waals surface area contributed by atoms with Crippen molar-refractivity contribution in [2.75, 3.05) is 31.1 Å². The molecule has 1 aromatic rings. The Balaban J connectivity index is 1.39. The molecule has 1 unspecified atom stereocenters. The first-order valence-corrected chi connectivity index (χ1v) is 10.2. The minimum atomic E-state index is -4.12. The van der Waals surface area contributed by atoms with Gasteiger partial charge in [-0.25, -0.2) is 0 Å². The number of halogens is 3. The number of fused-ring (bicyclic) bond motifs is 1. The summed E-state index contributed by atoms with van der Waals surface area (Å²) in [7, 11) is 0. The second kappa shape index (κ2) is 7.67. The third kappa shape index (κ3) is 4.20. The van der Waals surface area contributed by atoms with E-state index in [1.54, 1.807) is 0 Å². The summed E-state index contributed by atoms with van der Waals surface area (Å²) in [4.78, 5) is 16.3. The topological polar surface area (TPSA) is 43.8 Å². The number of aliphatic hydroxyl groups is 1. The van der Waals surface area contributed by atoms with Crippen molar-refractivity contribution in [1.82, 2.24) is 4.90 Å². The first kappa shape index (κ1) is 19.7. The van der Waals surface area contributed by atoms with Gasteiger partial charge in [-0.3, -0.25) is 4.79 Å². The van der Waals surface area contributed by atoms with E-state index in [2.05, 4.69) is 0 Å². The number of nitrogens with zero attached hydrogens (tertiary/aromatic N) is 2. The summed E-state index contributed by atoms with van der Waals surface area (Å²) < 4.78 is 38.4. The average molecular weight is 396 g/mol. The molecule has 2 fully saturated rings. The molecule has 1 aliphatic carbocycles. The third-order valence-electron chi connectivity index (χ3n) is 6.28. The molecule has 0 aromatic heterocycles. The van der Waals surface area contributed by atoms with E-state index in [1.807, 2.05) is 28.0 Å². The van der Waals surface area contributed by atoms with Crippen molar-refractivity contribution < 1.29 is 23.1 Å². The molecule has 1 N–H and O–H groups in total. The number of aliphatic hydroxyl groups excluding tert-OH is 1. The summed E-state index contributed by atoms with van der Waals surface area (Å²) in [5.74, 6) is -0.836. The Morgan fingerprint density at radius 3 is 2.50 bits per heavy atom. The zero-order valence-electron chi connectivity index (χ0n) is 15.9. The second-order valence-electron chi connectivity index (χ2n) is 8.39. The minimum Gasteiger partial charge on any atom is -0.387 e. The summed E-state index contributed by atoms with van der Waals surface area (Å²) in [5, 5.41) is 10.6. The molecule has 7 heteroatoms. The summed E-state index contributed by atoms with van der Waals surface area (Å²) in [6, 6.07) is 5.74. The van der Waals surface area contributed by atoms with Crippen molar-refractivity contribution in [3.05, 3.63) is 29.3 Å². The number of rotatable bonds is 4. The molecule has 1 atom stereocenters. The Morgan fingerprint density at radius 2 is 1.86 bits per heavy atom. The quantitative estimate of drug-likeness (QED) is 0.844. The second-order valence-corrected chi connectivity index (χ2v) is 8.39. The number of carbonyl (C=O) groups is 1. The number of anilines is 1. The van der Waals surface area contributed by atoms with Gasteiger partial charge in [0.25, 0.3) is 0 Å². The maximum absolute atomic E-state index is 12.8. The van der Waals surface area contributed by atoms with E-state index in [9.17, 15) is 23.1 Å². The van der Waals surface area contributed by atoms with Gasteiger partial charge >= 0.3 is 6.18 Å². The largest absolute Gasteiger partial charge is 0.391 e. The molecule has 1 saturated heterocycles. The van der Waals surface area contributed by atoms with Crippen LogP contribution in [0.3, 0.4) is 0 Å². The van der Waals surface area contributed by atoms with Gasteiger partial charge in [0.05, 0.1) is 12.0 Å². The van der Waals surface area contributed by atoms with Crippen molar-refractivity contribution in [2.24, 2.45) is 11.8 Å². The highest BCUT2D eigenvalue weighted by Gasteiger charge is 2.41. The van der Waals surface area contributed by atoms with Crippen LogP contribution in [0.5, 0.6) is 0 Å². The molecule has 4 rings (SSSR count). The van der Waals surface area contributed by atoms with E-state index in [0.717, 1.165) is 49.0 Å². The van der Waals surface area contributed by atoms with Gasteiger partial charge in [0, 0.05) is 24.7 Å². The van der Waals surface area contributed by atoms with Gasteiger partial charge in [0.15, 0.2) is 0 Å². The van der Waals surface area contributed by atoms with Crippen LogP contribution in [0.1, 0.15) is 49.3 Å². The molecule has 154 valence electrons. The summed E-state index contributed by atoms with van der Waals surface area (Å²) in [6.45, 7) is 1.80. The van der Waals surface area contributed by atoms with E-state index < -0.39 is 18.2 Å². The molecule has 1 saturated carbocycles. The Hall–Kier alpha value is -1.60. The zero-order valence-corrected chi connectivity index (χ0v) is 15.9. The number of amides is 1. The molecule has 2 heterocycles. The molecule has 0 spiro atoms. The van der Waals surface area contributed by atoms with Gasteiger partial charge in [0.1, 0.15) is 0 Å². The Labute approximate surface area is 163 Å². The number of hydrogen-bond acceptors (Lipinski definition) is 3. The lowest BCUT2D eigenvalue weighted by Gasteiger charge is -2.34. The summed E-state index contributed by atoms with van der Waals surface area (Å²) in [6.07, 6.45) is -0.914. The van der Waals surface area contributed by atoms with Crippen LogP contribution in [0.25, 0.3) is 0 Å². The molecule has 0 bridgehead atoms. The van der Waals surface area contributed by atoms with E-state index in [1.165, 1.54) is 0 Å². The predicted octanol–water partition coefficient (Wildman–Crippen LogP) is 3.68. The molecule has 3 aliphatic rings. The zero-order chi connectivity index (χ0) is 19.9. The number of carbonyl (C=O) groups excluding carboxylic acids is 1. The Bertz CT molecular complexity index is 725. The summed E-state index contributed by atoms with van der Waals surface area (Å²) >= 11 is 0. The van der Waals surface area contributed by atoms with Crippen LogP contribution in [-0.4, -0.2) is 48.3 Å². The molecule has 2 aliphatic heterocycles. The Morgan fingerprint density at radius 1 is 1.14 bits per heavy atom. The van der Waals surface area contributed by atoms with E-state index in [-0.39, 0.29) is 24.7 Å². The van der Waals surface area contributed by atoms with Crippen molar-refractivity contribution in [2.45, 2.75) is 50.8 Å². The number of aryl methyl sites for hydroxylation is 1. The number of alkyl halides is 3. The normalized spacial score (nSPS) is 22.8. The molecular weight excluding hydrogens is 369 g/mol. The predicted molar refractivity (Wildman–Crippen MR) is 100 cm³/mol. The molecular formula is C21H27F3N2O2. The molecule has 1 amide bonds. The molecule has 4 nitrogen and oxygen atoms in total. The van der Waals surface area contributed by atoms with Crippen LogP contribution in [0, 0.1) is 11.8 Å². The van der Waals surface area contributed by atoms with Crippen LogP contribution >= 0.6 is 0 Å². The lowest BCUT2D eigenvalue weighted by molar-refractivity contribution is -0.185. The van der Waals surface area contributed by atoms with Crippen molar-refractivity contribution in [3.63, 3.8) is 0 Å². The fourth-order valence-electron chi connectivity index (χ4n) is 4.40. The van der Waals surface area contributed by atoms with Crippen LogP contribution in [0.2, 0.25) is 0 Å². The van der Waals surface area contributed by atoms with E-state index >= 15 is 0 Å². The maximum Gasteiger partial charge on any atom is 0.391 e. The van der Waals surface area contributed by atoms with Gasteiger partial charge in [0.2, 0.25) is 5.91 Å². The van der Waals surface area contributed by atoms with Crippen LogP contribution in [0.15, 0.2) is 18.2 Å². The van der Waals surface area contributed by atoms with Crippen molar-refractivity contribution in [1.29, 1.82) is 0 Å². The number of likely N-dealkylation sites (tertiary alicyclic amines) is 1. The first-order chi connectivity index (χ1) is 13.3. The van der Waals surface area contributed by atoms with Crippen LogP contribution in [-0.2, 0) is 11.2 Å². The number of β-amino-alcohol motifs (C(OH)–C–C–N with tert-alkyl or cyclic N) is 1. The highest BCUT2D eigenvalue weighted by Crippen LogP contribution is 2.37. The highest BCUT2D eigenvalue weighted by atomic mass is 19.4. The monoisotopic (exact) mass is 396 g/mol. The minimum absolute atomic E-state index is 0.0959. The molecule has 1 aromatic carbocycles. The SMILES string of the molecule is O=C(C1CC1)N1CCCc2cc(C(O)CN3CCC(C(F)(F)F)CC3)ccc21.